The number of rotatable bonds is 5. The average Bonchev–Trinajstić information content (AvgIpc) is 2.35. The summed E-state index contributed by atoms with van der Waals surface area (Å²) >= 11 is 0. The van der Waals surface area contributed by atoms with Gasteiger partial charge in [0, 0.05) is 18.4 Å². The second-order valence-electron chi connectivity index (χ2n) is 4.83. The zero-order valence-corrected chi connectivity index (χ0v) is 12.1. The maximum atomic E-state index is 11.9. The molecule has 5 nitrogen and oxygen atoms in total. The highest BCUT2D eigenvalue weighted by Crippen LogP contribution is 2.12. The number of hydrogen-bond acceptors (Lipinski definition) is 4. The molecule has 1 amide bonds. The summed E-state index contributed by atoms with van der Waals surface area (Å²) in [4.78, 5) is 12.0. The number of aliphatic hydroxyl groups is 1. The molecule has 1 rings (SSSR count). The Morgan fingerprint density at radius 3 is 2.58 bits per heavy atom. The molecule has 2 N–H and O–H groups in total. The minimum atomic E-state index is -3.34. The van der Waals surface area contributed by atoms with Gasteiger partial charge in [0.05, 0.1) is 10.5 Å². The minimum Gasteiger partial charge on any atom is -0.388 e. The Bertz CT molecular complexity index is 564. The van der Waals surface area contributed by atoms with Crippen LogP contribution in [-0.2, 0) is 9.84 Å². The largest absolute Gasteiger partial charge is 0.388 e. The third kappa shape index (κ3) is 4.65. The Kier molecular flexibility index (Phi) is 4.70. The molecule has 0 aliphatic rings. The highest BCUT2D eigenvalue weighted by Gasteiger charge is 2.19. The van der Waals surface area contributed by atoms with Crippen molar-refractivity contribution >= 4 is 15.7 Å². The first-order valence-electron chi connectivity index (χ1n) is 5.96. The number of benzene rings is 1. The van der Waals surface area contributed by atoms with Crippen molar-refractivity contribution in [1.29, 1.82) is 0 Å². The van der Waals surface area contributed by atoms with Gasteiger partial charge in [-0.15, -0.1) is 0 Å². The van der Waals surface area contributed by atoms with Crippen molar-refractivity contribution in [3.63, 3.8) is 0 Å². The number of carbonyl (C=O) groups is 1. The van der Waals surface area contributed by atoms with Crippen LogP contribution in [0.15, 0.2) is 29.2 Å². The molecular formula is C13H19NO4S. The van der Waals surface area contributed by atoms with Crippen molar-refractivity contribution in [3.8, 4) is 0 Å². The van der Waals surface area contributed by atoms with E-state index in [9.17, 15) is 18.3 Å². The van der Waals surface area contributed by atoms with Gasteiger partial charge in [-0.1, -0.05) is 13.0 Å². The molecule has 0 spiro atoms. The van der Waals surface area contributed by atoms with Crippen LogP contribution < -0.4 is 5.32 Å². The molecule has 0 aromatic heterocycles. The molecular weight excluding hydrogens is 266 g/mol. The predicted molar refractivity (Wildman–Crippen MR) is 72.8 cm³/mol. The second-order valence-corrected chi connectivity index (χ2v) is 6.85. The van der Waals surface area contributed by atoms with Gasteiger partial charge >= 0.3 is 0 Å². The van der Waals surface area contributed by atoms with E-state index in [0.717, 1.165) is 6.26 Å². The van der Waals surface area contributed by atoms with Crippen LogP contribution in [0.2, 0.25) is 0 Å². The lowest BCUT2D eigenvalue weighted by atomic mass is 10.0. The van der Waals surface area contributed by atoms with Gasteiger partial charge in [-0.25, -0.2) is 8.42 Å². The van der Waals surface area contributed by atoms with Gasteiger partial charge < -0.3 is 10.4 Å². The normalized spacial score (nSPS) is 14.7. The Morgan fingerprint density at radius 1 is 1.42 bits per heavy atom. The van der Waals surface area contributed by atoms with Gasteiger partial charge in [-0.3, -0.25) is 4.79 Å². The lowest BCUT2D eigenvalue weighted by Crippen LogP contribution is -2.40. The standard InChI is InChI=1S/C13H19NO4S/c1-4-13(2,16)9-14-12(15)10-6-5-7-11(8-10)19(3,17)18/h5-8,16H,4,9H2,1-3H3,(H,14,15). The Labute approximate surface area is 113 Å². The van der Waals surface area contributed by atoms with E-state index in [4.69, 9.17) is 0 Å². The van der Waals surface area contributed by atoms with Gasteiger partial charge in [0.1, 0.15) is 0 Å². The fourth-order valence-electron chi connectivity index (χ4n) is 1.37. The van der Waals surface area contributed by atoms with Crippen LogP contribution in [0, 0.1) is 0 Å². The van der Waals surface area contributed by atoms with E-state index < -0.39 is 21.3 Å². The van der Waals surface area contributed by atoms with Crippen LogP contribution in [0.5, 0.6) is 0 Å². The average molecular weight is 285 g/mol. The summed E-state index contributed by atoms with van der Waals surface area (Å²) in [5, 5.41) is 12.4. The molecule has 106 valence electrons. The number of hydrogen-bond donors (Lipinski definition) is 2. The smallest absolute Gasteiger partial charge is 0.251 e. The first-order chi connectivity index (χ1) is 8.65. The number of amides is 1. The molecule has 1 atom stereocenters. The van der Waals surface area contributed by atoms with Crippen molar-refractivity contribution in [1.82, 2.24) is 5.32 Å². The van der Waals surface area contributed by atoms with E-state index in [1.807, 2.05) is 6.92 Å². The summed E-state index contributed by atoms with van der Waals surface area (Å²) in [5.41, 5.74) is -0.709. The topological polar surface area (TPSA) is 83.5 Å². The Balaban J connectivity index is 2.84. The maximum Gasteiger partial charge on any atom is 0.251 e. The molecule has 1 aromatic carbocycles. The molecule has 0 fully saturated rings. The summed E-state index contributed by atoms with van der Waals surface area (Å²) in [6, 6.07) is 5.81. The van der Waals surface area contributed by atoms with Crippen LogP contribution in [0.25, 0.3) is 0 Å². The van der Waals surface area contributed by atoms with E-state index in [0.29, 0.717) is 6.42 Å². The molecule has 0 bridgehead atoms. The lowest BCUT2D eigenvalue weighted by molar-refractivity contribution is 0.0518. The first-order valence-corrected chi connectivity index (χ1v) is 7.85. The monoisotopic (exact) mass is 285 g/mol. The minimum absolute atomic E-state index is 0.0994. The number of nitrogens with one attached hydrogen (secondary N) is 1. The molecule has 0 aliphatic heterocycles. The maximum absolute atomic E-state index is 11.9. The summed E-state index contributed by atoms with van der Waals surface area (Å²) in [6.45, 7) is 3.56. The van der Waals surface area contributed by atoms with E-state index in [1.54, 1.807) is 6.92 Å². The zero-order valence-electron chi connectivity index (χ0n) is 11.3. The SMILES string of the molecule is CCC(C)(O)CNC(=O)c1cccc(S(C)(=O)=O)c1. The third-order valence-electron chi connectivity index (χ3n) is 2.92. The molecule has 0 heterocycles. The zero-order chi connectivity index (χ0) is 14.7. The fourth-order valence-corrected chi connectivity index (χ4v) is 2.03. The van der Waals surface area contributed by atoms with Crippen molar-refractivity contribution in [3.05, 3.63) is 29.8 Å². The molecule has 6 heteroatoms. The summed E-state index contributed by atoms with van der Waals surface area (Å²) in [6.07, 6.45) is 1.60. The van der Waals surface area contributed by atoms with Crippen molar-refractivity contribution in [2.75, 3.05) is 12.8 Å². The molecule has 0 radical (unpaired) electrons. The van der Waals surface area contributed by atoms with Crippen molar-refractivity contribution in [2.24, 2.45) is 0 Å². The van der Waals surface area contributed by atoms with Crippen LogP contribution in [0.3, 0.4) is 0 Å². The van der Waals surface area contributed by atoms with Gasteiger partial charge in [0.2, 0.25) is 0 Å². The summed E-state index contributed by atoms with van der Waals surface area (Å²) < 4.78 is 22.8. The number of carbonyl (C=O) groups excluding carboxylic acids is 1. The summed E-state index contributed by atoms with van der Waals surface area (Å²) in [5.74, 6) is -0.403. The van der Waals surface area contributed by atoms with Crippen molar-refractivity contribution < 1.29 is 18.3 Å². The highest BCUT2D eigenvalue weighted by atomic mass is 32.2. The number of sulfone groups is 1. The fraction of sp³-hybridized carbons (Fsp3) is 0.462. The van der Waals surface area contributed by atoms with E-state index in [-0.39, 0.29) is 17.0 Å². The van der Waals surface area contributed by atoms with Gasteiger partial charge in [-0.05, 0) is 31.5 Å². The molecule has 0 saturated carbocycles. The van der Waals surface area contributed by atoms with E-state index in [2.05, 4.69) is 5.32 Å². The van der Waals surface area contributed by atoms with Crippen LogP contribution in [-0.4, -0.2) is 37.8 Å². The van der Waals surface area contributed by atoms with E-state index in [1.165, 1.54) is 24.3 Å². The highest BCUT2D eigenvalue weighted by molar-refractivity contribution is 7.90. The van der Waals surface area contributed by atoms with Crippen molar-refractivity contribution in [2.45, 2.75) is 30.8 Å². The Morgan fingerprint density at radius 2 is 2.05 bits per heavy atom. The molecule has 1 unspecified atom stereocenters. The lowest BCUT2D eigenvalue weighted by Gasteiger charge is -2.21. The second kappa shape index (κ2) is 5.71. The van der Waals surface area contributed by atoms with Crippen LogP contribution >= 0.6 is 0 Å². The van der Waals surface area contributed by atoms with Crippen LogP contribution in [0.1, 0.15) is 30.6 Å². The van der Waals surface area contributed by atoms with Crippen LogP contribution in [0.4, 0.5) is 0 Å². The van der Waals surface area contributed by atoms with Gasteiger partial charge in [0.15, 0.2) is 9.84 Å². The molecule has 0 aliphatic carbocycles. The third-order valence-corrected chi connectivity index (χ3v) is 4.03. The van der Waals surface area contributed by atoms with Gasteiger partial charge in [0.25, 0.3) is 5.91 Å². The predicted octanol–water partition coefficient (Wildman–Crippen LogP) is 0.981. The Hall–Kier alpha value is -1.40. The van der Waals surface area contributed by atoms with E-state index >= 15 is 0 Å². The first kappa shape index (κ1) is 15.7. The van der Waals surface area contributed by atoms with Gasteiger partial charge in [-0.2, -0.15) is 0 Å². The molecule has 19 heavy (non-hydrogen) atoms. The molecule has 0 saturated heterocycles. The summed E-state index contributed by atoms with van der Waals surface area (Å²) in [7, 11) is -3.34. The quantitative estimate of drug-likeness (QED) is 0.844. The molecule has 1 aromatic rings.